The fourth-order valence-corrected chi connectivity index (χ4v) is 1.66. The molecule has 2 nitrogen and oxygen atoms in total. The molecule has 0 amide bonds. The molecule has 0 fully saturated rings. The van der Waals surface area contributed by atoms with Crippen molar-refractivity contribution in [3.05, 3.63) is 0 Å². The molecule has 18 heavy (non-hydrogen) atoms. The van der Waals surface area contributed by atoms with Gasteiger partial charge in [0.15, 0.2) is 0 Å². The van der Waals surface area contributed by atoms with E-state index in [1.54, 1.807) is 0 Å². The molecule has 0 atom stereocenters. The first kappa shape index (κ1) is 20.2. The maximum atomic E-state index is 9.63. The Kier molecular flexibility index (Phi) is 16.8. The quantitative estimate of drug-likeness (QED) is 0.564. The molecule has 0 aliphatic carbocycles. The first-order chi connectivity index (χ1) is 8.60. The molecule has 0 aromatic heterocycles. The molecular weight excluding hydrogens is 224 g/mol. The molecule has 0 bridgehead atoms. The second-order valence-electron chi connectivity index (χ2n) is 5.00. The standard InChI is InChI=1S/2C8H18O/c1-4-7-8(9,5-2)6-3;1-3-5-7-9-8-6-4-2/h9H,4-7H2,1-3H3;3-8H2,1-2H3. The zero-order chi connectivity index (χ0) is 14.3. The largest absolute Gasteiger partial charge is 0.390 e. The van der Waals surface area contributed by atoms with Gasteiger partial charge in [0, 0.05) is 13.2 Å². The summed E-state index contributed by atoms with van der Waals surface area (Å²) >= 11 is 0. The molecule has 0 unspecified atom stereocenters. The van der Waals surface area contributed by atoms with Crippen LogP contribution >= 0.6 is 0 Å². The third kappa shape index (κ3) is 14.0. The van der Waals surface area contributed by atoms with Gasteiger partial charge < -0.3 is 9.84 Å². The number of aliphatic hydroxyl groups is 1. The second-order valence-corrected chi connectivity index (χ2v) is 5.00. The maximum Gasteiger partial charge on any atom is 0.0642 e. The molecule has 0 aromatic rings. The van der Waals surface area contributed by atoms with Gasteiger partial charge in [-0.15, -0.1) is 0 Å². The Bertz CT molecular complexity index is 136. The van der Waals surface area contributed by atoms with Crippen LogP contribution in [0.15, 0.2) is 0 Å². The highest BCUT2D eigenvalue weighted by molar-refractivity contribution is 4.73. The van der Waals surface area contributed by atoms with Crippen LogP contribution in [-0.4, -0.2) is 23.9 Å². The minimum Gasteiger partial charge on any atom is -0.390 e. The predicted octanol–water partition coefficient (Wildman–Crippen LogP) is 4.94. The van der Waals surface area contributed by atoms with Crippen LogP contribution in [0.1, 0.15) is 86.0 Å². The highest BCUT2D eigenvalue weighted by atomic mass is 16.5. The summed E-state index contributed by atoms with van der Waals surface area (Å²) in [4.78, 5) is 0. The van der Waals surface area contributed by atoms with E-state index in [1.807, 2.05) is 13.8 Å². The van der Waals surface area contributed by atoms with E-state index in [0.29, 0.717) is 0 Å². The third-order valence-electron chi connectivity index (χ3n) is 3.32. The van der Waals surface area contributed by atoms with Crippen LogP contribution in [-0.2, 0) is 4.74 Å². The summed E-state index contributed by atoms with van der Waals surface area (Å²) < 4.78 is 5.31. The van der Waals surface area contributed by atoms with Crippen molar-refractivity contribution >= 4 is 0 Å². The van der Waals surface area contributed by atoms with Crippen LogP contribution < -0.4 is 0 Å². The molecule has 0 rings (SSSR count). The Balaban J connectivity index is 0. The van der Waals surface area contributed by atoms with Gasteiger partial charge in [-0.3, -0.25) is 0 Å². The number of hydrogen-bond donors (Lipinski definition) is 1. The van der Waals surface area contributed by atoms with Gasteiger partial charge in [-0.05, 0) is 32.1 Å². The van der Waals surface area contributed by atoms with E-state index in [-0.39, 0.29) is 5.60 Å². The Labute approximate surface area is 115 Å². The van der Waals surface area contributed by atoms with Crippen molar-refractivity contribution in [1.29, 1.82) is 0 Å². The molecule has 0 radical (unpaired) electrons. The average molecular weight is 260 g/mol. The summed E-state index contributed by atoms with van der Waals surface area (Å²) in [5.41, 5.74) is -0.366. The molecular formula is C16H36O2. The van der Waals surface area contributed by atoms with Gasteiger partial charge in [0.05, 0.1) is 5.60 Å². The fraction of sp³-hybridized carbons (Fsp3) is 1.00. The van der Waals surface area contributed by atoms with E-state index in [9.17, 15) is 5.11 Å². The van der Waals surface area contributed by atoms with Crippen LogP contribution in [0.3, 0.4) is 0 Å². The number of hydrogen-bond acceptors (Lipinski definition) is 2. The summed E-state index contributed by atoms with van der Waals surface area (Å²) in [6.45, 7) is 12.5. The predicted molar refractivity (Wildman–Crippen MR) is 81.1 cm³/mol. The van der Waals surface area contributed by atoms with Crippen molar-refractivity contribution in [3.8, 4) is 0 Å². The molecule has 0 saturated heterocycles. The Morgan fingerprint density at radius 3 is 1.44 bits per heavy atom. The molecule has 2 heteroatoms. The summed E-state index contributed by atoms with van der Waals surface area (Å²) in [6.07, 6.45) is 8.71. The average Bonchev–Trinajstić information content (AvgIpc) is 2.39. The van der Waals surface area contributed by atoms with Gasteiger partial charge in [0.25, 0.3) is 0 Å². The molecule has 112 valence electrons. The molecule has 0 aliphatic heterocycles. The highest BCUT2D eigenvalue weighted by Crippen LogP contribution is 2.20. The molecule has 0 aliphatic rings. The number of unbranched alkanes of at least 4 members (excludes halogenated alkanes) is 2. The second kappa shape index (κ2) is 15.0. The van der Waals surface area contributed by atoms with E-state index in [2.05, 4.69) is 20.8 Å². The maximum absolute atomic E-state index is 9.63. The molecule has 0 saturated carbocycles. The normalized spacial score (nSPS) is 11.0. The van der Waals surface area contributed by atoms with Crippen molar-refractivity contribution in [2.24, 2.45) is 0 Å². The zero-order valence-corrected chi connectivity index (χ0v) is 13.4. The Morgan fingerprint density at radius 2 is 1.22 bits per heavy atom. The van der Waals surface area contributed by atoms with Gasteiger partial charge in [-0.2, -0.15) is 0 Å². The van der Waals surface area contributed by atoms with Gasteiger partial charge in [0.1, 0.15) is 0 Å². The van der Waals surface area contributed by atoms with Gasteiger partial charge in [-0.25, -0.2) is 0 Å². The van der Waals surface area contributed by atoms with Gasteiger partial charge in [0.2, 0.25) is 0 Å². The van der Waals surface area contributed by atoms with Crippen LogP contribution in [0.2, 0.25) is 0 Å². The molecule has 0 spiro atoms. The summed E-state index contributed by atoms with van der Waals surface area (Å²) in [7, 11) is 0. The van der Waals surface area contributed by atoms with E-state index in [0.717, 1.165) is 38.9 Å². The van der Waals surface area contributed by atoms with Crippen LogP contribution in [0.5, 0.6) is 0 Å². The minimum atomic E-state index is -0.366. The summed E-state index contributed by atoms with van der Waals surface area (Å²) in [5.74, 6) is 0. The molecule has 1 N–H and O–H groups in total. The molecule has 0 aromatic carbocycles. The van der Waals surface area contributed by atoms with Crippen molar-refractivity contribution in [2.75, 3.05) is 13.2 Å². The van der Waals surface area contributed by atoms with Crippen molar-refractivity contribution in [3.63, 3.8) is 0 Å². The van der Waals surface area contributed by atoms with Gasteiger partial charge in [-0.1, -0.05) is 53.9 Å². The Morgan fingerprint density at radius 1 is 0.778 bits per heavy atom. The lowest BCUT2D eigenvalue weighted by atomic mass is 9.92. The van der Waals surface area contributed by atoms with Crippen LogP contribution in [0.25, 0.3) is 0 Å². The lowest BCUT2D eigenvalue weighted by molar-refractivity contribution is 0.0230. The number of rotatable bonds is 10. The van der Waals surface area contributed by atoms with E-state index in [4.69, 9.17) is 4.74 Å². The fourth-order valence-electron chi connectivity index (χ4n) is 1.66. The van der Waals surface area contributed by atoms with Gasteiger partial charge >= 0.3 is 0 Å². The smallest absolute Gasteiger partial charge is 0.0642 e. The summed E-state index contributed by atoms with van der Waals surface area (Å²) in [5, 5.41) is 9.63. The lowest BCUT2D eigenvalue weighted by Gasteiger charge is -2.23. The van der Waals surface area contributed by atoms with Crippen molar-refractivity contribution in [1.82, 2.24) is 0 Å². The lowest BCUT2D eigenvalue weighted by Crippen LogP contribution is -2.25. The number of ether oxygens (including phenoxy) is 1. The molecule has 0 heterocycles. The van der Waals surface area contributed by atoms with E-state index in [1.165, 1.54) is 25.7 Å². The zero-order valence-electron chi connectivity index (χ0n) is 13.4. The van der Waals surface area contributed by atoms with Crippen molar-refractivity contribution < 1.29 is 9.84 Å². The SMILES string of the molecule is CCCC(O)(CC)CC.CCCCOCCCC. The first-order valence-electron chi connectivity index (χ1n) is 7.90. The van der Waals surface area contributed by atoms with Crippen molar-refractivity contribution in [2.45, 2.75) is 91.6 Å². The first-order valence-corrected chi connectivity index (χ1v) is 7.90. The van der Waals surface area contributed by atoms with E-state index >= 15 is 0 Å². The summed E-state index contributed by atoms with van der Waals surface area (Å²) in [6, 6.07) is 0. The third-order valence-corrected chi connectivity index (χ3v) is 3.32. The van der Waals surface area contributed by atoms with Crippen LogP contribution in [0.4, 0.5) is 0 Å². The Hall–Kier alpha value is -0.0800. The monoisotopic (exact) mass is 260 g/mol. The van der Waals surface area contributed by atoms with E-state index < -0.39 is 0 Å². The highest BCUT2D eigenvalue weighted by Gasteiger charge is 2.19. The van der Waals surface area contributed by atoms with Crippen LogP contribution in [0, 0.1) is 0 Å². The topological polar surface area (TPSA) is 29.5 Å². The minimum absolute atomic E-state index is 0.366.